The van der Waals surface area contributed by atoms with Crippen molar-refractivity contribution in [2.24, 2.45) is 11.8 Å². The van der Waals surface area contributed by atoms with Crippen LogP contribution in [0.3, 0.4) is 0 Å². The summed E-state index contributed by atoms with van der Waals surface area (Å²) in [4.78, 5) is 12.6. The molecule has 0 bridgehead atoms. The first kappa shape index (κ1) is 13.6. The lowest BCUT2D eigenvalue weighted by molar-refractivity contribution is -0.131. The van der Waals surface area contributed by atoms with Crippen LogP contribution in [0.1, 0.15) is 19.4 Å². The molecule has 1 aliphatic rings. The van der Waals surface area contributed by atoms with E-state index in [-0.39, 0.29) is 5.82 Å². The first-order valence-electron chi connectivity index (χ1n) is 6.43. The standard InChI is InChI=1S/C15H18FNO2/c1-10-8-17(9-11(10)2)15-12(6-7-14(18)19)4-3-5-13(15)16/h3-7,10-11H,8-9H2,1-2H3,(H,18,19)/b7-6+. The second-order valence-corrected chi connectivity index (χ2v) is 5.21. The zero-order valence-electron chi connectivity index (χ0n) is 11.1. The van der Waals surface area contributed by atoms with E-state index in [1.807, 2.05) is 4.90 Å². The van der Waals surface area contributed by atoms with Crippen molar-refractivity contribution in [1.29, 1.82) is 0 Å². The first-order valence-corrected chi connectivity index (χ1v) is 6.43. The van der Waals surface area contributed by atoms with Crippen LogP contribution in [0.5, 0.6) is 0 Å². The van der Waals surface area contributed by atoms with E-state index in [0.717, 1.165) is 19.2 Å². The highest BCUT2D eigenvalue weighted by molar-refractivity contribution is 5.87. The molecular weight excluding hydrogens is 245 g/mol. The first-order chi connectivity index (χ1) is 8.99. The van der Waals surface area contributed by atoms with Crippen LogP contribution in [0.25, 0.3) is 6.08 Å². The van der Waals surface area contributed by atoms with Gasteiger partial charge in [0.2, 0.25) is 0 Å². The summed E-state index contributed by atoms with van der Waals surface area (Å²) < 4.78 is 14.1. The molecule has 1 heterocycles. The molecule has 3 nitrogen and oxygen atoms in total. The number of halogens is 1. The molecule has 0 radical (unpaired) electrons. The monoisotopic (exact) mass is 263 g/mol. The molecular formula is C15H18FNO2. The van der Waals surface area contributed by atoms with Gasteiger partial charge >= 0.3 is 5.97 Å². The summed E-state index contributed by atoms with van der Waals surface area (Å²) in [6.07, 6.45) is 2.50. The van der Waals surface area contributed by atoms with Crippen molar-refractivity contribution in [2.45, 2.75) is 13.8 Å². The number of hydrogen-bond donors (Lipinski definition) is 1. The normalized spacial score (nSPS) is 23.2. The summed E-state index contributed by atoms with van der Waals surface area (Å²) in [5.74, 6) is -0.306. The van der Waals surface area contributed by atoms with E-state index in [1.165, 1.54) is 12.1 Å². The van der Waals surface area contributed by atoms with Gasteiger partial charge in [-0.1, -0.05) is 26.0 Å². The molecule has 19 heavy (non-hydrogen) atoms. The minimum Gasteiger partial charge on any atom is -0.478 e. The Morgan fingerprint density at radius 2 is 2.00 bits per heavy atom. The van der Waals surface area contributed by atoms with E-state index in [1.54, 1.807) is 12.1 Å². The van der Waals surface area contributed by atoms with Gasteiger partial charge in [-0.25, -0.2) is 9.18 Å². The smallest absolute Gasteiger partial charge is 0.328 e. The number of carboxylic acid groups (broad SMARTS) is 1. The summed E-state index contributed by atoms with van der Waals surface area (Å²) in [7, 11) is 0. The molecule has 2 rings (SSSR count). The Hall–Kier alpha value is -1.84. The number of carboxylic acids is 1. The van der Waals surface area contributed by atoms with E-state index in [4.69, 9.17) is 5.11 Å². The van der Waals surface area contributed by atoms with Crippen molar-refractivity contribution < 1.29 is 14.3 Å². The summed E-state index contributed by atoms with van der Waals surface area (Å²) in [5, 5.41) is 8.69. The van der Waals surface area contributed by atoms with Crippen LogP contribution >= 0.6 is 0 Å². The Balaban J connectivity index is 2.36. The molecule has 0 aliphatic carbocycles. The average Bonchev–Trinajstić information content (AvgIpc) is 2.66. The highest BCUT2D eigenvalue weighted by Crippen LogP contribution is 2.32. The maximum Gasteiger partial charge on any atom is 0.328 e. The zero-order valence-corrected chi connectivity index (χ0v) is 11.1. The lowest BCUT2D eigenvalue weighted by atomic mass is 10.0. The SMILES string of the molecule is CC1CN(c2c(F)cccc2/C=C/C(=O)O)CC1C. The van der Waals surface area contributed by atoms with Gasteiger partial charge < -0.3 is 10.0 Å². The number of hydrogen-bond acceptors (Lipinski definition) is 2. The Kier molecular flexibility index (Phi) is 3.88. The van der Waals surface area contributed by atoms with Crippen molar-refractivity contribution in [3.8, 4) is 0 Å². The van der Waals surface area contributed by atoms with Gasteiger partial charge in [-0.2, -0.15) is 0 Å². The largest absolute Gasteiger partial charge is 0.478 e. The van der Waals surface area contributed by atoms with Gasteiger partial charge in [0.1, 0.15) is 5.82 Å². The molecule has 102 valence electrons. The van der Waals surface area contributed by atoms with Crippen molar-refractivity contribution in [2.75, 3.05) is 18.0 Å². The molecule has 0 amide bonds. The van der Waals surface area contributed by atoms with Crippen LogP contribution in [-0.2, 0) is 4.79 Å². The van der Waals surface area contributed by atoms with E-state index in [9.17, 15) is 9.18 Å². The highest BCUT2D eigenvalue weighted by atomic mass is 19.1. The third-order valence-electron chi connectivity index (χ3n) is 3.73. The molecule has 1 aliphatic heterocycles. The molecule has 1 aromatic rings. The Morgan fingerprint density at radius 1 is 1.37 bits per heavy atom. The summed E-state index contributed by atoms with van der Waals surface area (Å²) in [5.41, 5.74) is 1.12. The second kappa shape index (κ2) is 5.43. The van der Waals surface area contributed by atoms with E-state index < -0.39 is 5.97 Å². The fourth-order valence-corrected chi connectivity index (χ4v) is 2.47. The molecule has 1 saturated heterocycles. The lowest BCUT2D eigenvalue weighted by Crippen LogP contribution is -2.21. The van der Waals surface area contributed by atoms with E-state index in [0.29, 0.717) is 23.1 Å². The van der Waals surface area contributed by atoms with Gasteiger partial charge in [0.25, 0.3) is 0 Å². The third-order valence-corrected chi connectivity index (χ3v) is 3.73. The number of aliphatic carboxylic acids is 1. The fourth-order valence-electron chi connectivity index (χ4n) is 2.47. The summed E-state index contributed by atoms with van der Waals surface area (Å²) in [6, 6.07) is 4.76. The lowest BCUT2D eigenvalue weighted by Gasteiger charge is -2.21. The third kappa shape index (κ3) is 2.95. The Labute approximate surface area is 112 Å². The van der Waals surface area contributed by atoms with Crippen LogP contribution in [-0.4, -0.2) is 24.2 Å². The molecule has 4 heteroatoms. The average molecular weight is 263 g/mol. The molecule has 0 saturated carbocycles. The molecule has 1 aromatic carbocycles. The fraction of sp³-hybridized carbons (Fsp3) is 0.400. The summed E-state index contributed by atoms with van der Waals surface area (Å²) >= 11 is 0. The zero-order chi connectivity index (χ0) is 14.0. The predicted molar refractivity (Wildman–Crippen MR) is 73.6 cm³/mol. The van der Waals surface area contributed by atoms with Crippen LogP contribution in [0, 0.1) is 17.7 Å². The Morgan fingerprint density at radius 3 is 2.58 bits per heavy atom. The minimum absolute atomic E-state index is 0.297. The number of anilines is 1. The van der Waals surface area contributed by atoms with Crippen molar-refractivity contribution in [1.82, 2.24) is 0 Å². The number of nitrogens with zero attached hydrogens (tertiary/aromatic N) is 1. The van der Waals surface area contributed by atoms with Gasteiger partial charge in [-0.15, -0.1) is 0 Å². The number of benzene rings is 1. The van der Waals surface area contributed by atoms with Gasteiger partial charge in [0.05, 0.1) is 5.69 Å². The molecule has 0 spiro atoms. The maximum absolute atomic E-state index is 14.1. The molecule has 0 aromatic heterocycles. The van der Waals surface area contributed by atoms with Crippen molar-refractivity contribution >= 4 is 17.7 Å². The van der Waals surface area contributed by atoms with Crippen molar-refractivity contribution in [3.05, 3.63) is 35.7 Å². The van der Waals surface area contributed by atoms with E-state index in [2.05, 4.69) is 13.8 Å². The minimum atomic E-state index is -1.03. The van der Waals surface area contributed by atoms with Crippen molar-refractivity contribution in [3.63, 3.8) is 0 Å². The number of carbonyl (C=O) groups is 1. The quantitative estimate of drug-likeness (QED) is 0.852. The molecule has 1 N–H and O–H groups in total. The summed E-state index contributed by atoms with van der Waals surface area (Å²) in [6.45, 7) is 5.91. The molecule has 1 fully saturated rings. The van der Waals surface area contributed by atoms with Crippen LogP contribution < -0.4 is 4.90 Å². The van der Waals surface area contributed by atoms with Crippen LogP contribution in [0.15, 0.2) is 24.3 Å². The van der Waals surface area contributed by atoms with Gasteiger partial charge in [0.15, 0.2) is 0 Å². The predicted octanol–water partition coefficient (Wildman–Crippen LogP) is 3.02. The number of para-hydroxylation sites is 1. The molecule has 2 atom stereocenters. The maximum atomic E-state index is 14.1. The van der Waals surface area contributed by atoms with Gasteiger partial charge in [-0.3, -0.25) is 0 Å². The van der Waals surface area contributed by atoms with E-state index >= 15 is 0 Å². The molecule has 2 unspecified atom stereocenters. The van der Waals surface area contributed by atoms with Crippen LogP contribution in [0.2, 0.25) is 0 Å². The van der Waals surface area contributed by atoms with Gasteiger partial charge in [0, 0.05) is 24.7 Å². The topological polar surface area (TPSA) is 40.5 Å². The second-order valence-electron chi connectivity index (χ2n) is 5.21. The number of rotatable bonds is 3. The van der Waals surface area contributed by atoms with Crippen LogP contribution in [0.4, 0.5) is 10.1 Å². The Bertz CT molecular complexity index is 503. The van der Waals surface area contributed by atoms with Gasteiger partial charge in [-0.05, 0) is 24.0 Å². The highest BCUT2D eigenvalue weighted by Gasteiger charge is 2.28.